The van der Waals surface area contributed by atoms with Crippen LogP contribution in [0.3, 0.4) is 0 Å². The Morgan fingerprint density at radius 2 is 1.66 bits per heavy atom. The van der Waals surface area contributed by atoms with Crippen LogP contribution < -0.4 is 9.47 Å². The monoisotopic (exact) mass is 430 g/mol. The molecule has 3 aromatic rings. The van der Waals surface area contributed by atoms with E-state index in [1.165, 1.54) is 12.0 Å². The number of ketones is 1. The van der Waals surface area contributed by atoms with Crippen LogP contribution in [-0.4, -0.2) is 40.9 Å². The second kappa shape index (κ2) is 8.93. The molecule has 1 aromatic heterocycles. The van der Waals surface area contributed by atoms with E-state index in [0.717, 1.165) is 5.56 Å². The molecule has 7 nitrogen and oxygen atoms in total. The van der Waals surface area contributed by atoms with Gasteiger partial charge in [0, 0.05) is 30.1 Å². The van der Waals surface area contributed by atoms with Gasteiger partial charge in [-0.2, -0.15) is 0 Å². The fraction of sp³-hybridized carbons (Fsp3) is 0.160. The molecule has 32 heavy (non-hydrogen) atoms. The van der Waals surface area contributed by atoms with Crippen LogP contribution in [0, 0.1) is 0 Å². The van der Waals surface area contributed by atoms with Crippen LogP contribution in [-0.2, 0) is 16.1 Å². The third kappa shape index (κ3) is 3.80. The topological polar surface area (TPSA) is 89.0 Å². The maximum atomic E-state index is 13.1. The normalized spacial score (nSPS) is 17.4. The average Bonchev–Trinajstić information content (AvgIpc) is 3.09. The Labute approximate surface area is 185 Å². The summed E-state index contributed by atoms with van der Waals surface area (Å²) in [5.41, 5.74) is 1.84. The number of hydrogen-bond donors (Lipinski definition) is 1. The number of Topliss-reactive ketones (excluding diaryl/α,β-unsaturated/α-hetero) is 1. The van der Waals surface area contributed by atoms with Crippen molar-refractivity contribution in [2.75, 3.05) is 14.2 Å². The molecule has 1 amide bonds. The third-order valence-electron chi connectivity index (χ3n) is 5.44. The maximum Gasteiger partial charge on any atom is 0.295 e. The van der Waals surface area contributed by atoms with E-state index >= 15 is 0 Å². The number of para-hydroxylation sites is 1. The summed E-state index contributed by atoms with van der Waals surface area (Å²) in [6.45, 7) is 0.176. The molecule has 0 bridgehead atoms. The Hall–Kier alpha value is -4.13. The van der Waals surface area contributed by atoms with Gasteiger partial charge < -0.3 is 19.5 Å². The van der Waals surface area contributed by atoms with E-state index in [9.17, 15) is 14.7 Å². The molecular formula is C25H22N2O5. The number of nitrogens with zero attached hydrogens (tertiary/aromatic N) is 2. The number of carbonyl (C=O) groups is 2. The highest BCUT2D eigenvalue weighted by Gasteiger charge is 2.47. The Kier molecular flexibility index (Phi) is 5.89. The maximum absolute atomic E-state index is 13.1. The van der Waals surface area contributed by atoms with E-state index in [0.29, 0.717) is 22.6 Å². The number of likely N-dealkylation sites (tertiary alicyclic amines) is 1. The van der Waals surface area contributed by atoms with E-state index in [-0.39, 0.29) is 17.9 Å². The summed E-state index contributed by atoms with van der Waals surface area (Å²) in [6, 6.07) is 16.5. The van der Waals surface area contributed by atoms with Gasteiger partial charge in [0.1, 0.15) is 17.3 Å². The van der Waals surface area contributed by atoms with Crippen molar-refractivity contribution in [3.05, 3.63) is 95.3 Å². The second-order valence-corrected chi connectivity index (χ2v) is 7.25. The Bertz CT molecular complexity index is 1170. The fourth-order valence-electron chi connectivity index (χ4n) is 3.85. The summed E-state index contributed by atoms with van der Waals surface area (Å²) in [5, 5.41) is 11.1. The van der Waals surface area contributed by atoms with Gasteiger partial charge in [-0.1, -0.05) is 18.2 Å². The molecular weight excluding hydrogens is 408 g/mol. The first-order valence-corrected chi connectivity index (χ1v) is 9.99. The Morgan fingerprint density at radius 1 is 0.969 bits per heavy atom. The quantitative estimate of drug-likeness (QED) is 0.364. The average molecular weight is 430 g/mol. The molecule has 1 fully saturated rings. The van der Waals surface area contributed by atoms with E-state index in [4.69, 9.17) is 9.47 Å². The number of aliphatic hydroxyl groups excluding tert-OH is 1. The zero-order valence-corrected chi connectivity index (χ0v) is 17.7. The lowest BCUT2D eigenvalue weighted by Crippen LogP contribution is -2.29. The number of pyridine rings is 1. The highest BCUT2D eigenvalue weighted by Crippen LogP contribution is 2.43. The van der Waals surface area contributed by atoms with Gasteiger partial charge in [0.2, 0.25) is 0 Å². The molecule has 1 unspecified atom stereocenters. The fourth-order valence-corrected chi connectivity index (χ4v) is 3.85. The van der Waals surface area contributed by atoms with Gasteiger partial charge in [-0.3, -0.25) is 14.6 Å². The van der Waals surface area contributed by atoms with E-state index in [1.807, 2.05) is 0 Å². The number of hydrogen-bond acceptors (Lipinski definition) is 6. The van der Waals surface area contributed by atoms with Gasteiger partial charge in [-0.25, -0.2) is 0 Å². The molecule has 7 heteroatoms. The Morgan fingerprint density at radius 3 is 2.31 bits per heavy atom. The molecule has 0 spiro atoms. The van der Waals surface area contributed by atoms with Crippen LogP contribution in [0.5, 0.6) is 11.5 Å². The summed E-state index contributed by atoms with van der Waals surface area (Å²) < 4.78 is 10.7. The number of carbonyl (C=O) groups excluding carboxylic acids is 2. The lowest BCUT2D eigenvalue weighted by molar-refractivity contribution is -0.140. The van der Waals surface area contributed by atoms with Crippen LogP contribution in [0.1, 0.15) is 22.7 Å². The van der Waals surface area contributed by atoms with Gasteiger partial charge in [0.05, 0.1) is 25.8 Å². The SMILES string of the molecule is COc1ccc(/C(O)=C2/C(=O)C(=O)N(Cc3ccncc3)C2c2ccccc2OC)cc1. The summed E-state index contributed by atoms with van der Waals surface area (Å²) in [7, 11) is 3.07. The lowest BCUT2D eigenvalue weighted by Gasteiger charge is -2.26. The van der Waals surface area contributed by atoms with Crippen molar-refractivity contribution >= 4 is 17.4 Å². The van der Waals surface area contributed by atoms with Crippen molar-refractivity contribution in [1.29, 1.82) is 0 Å². The molecule has 2 aromatic carbocycles. The minimum absolute atomic E-state index is 0.0127. The number of ether oxygens (including phenoxy) is 2. The molecule has 1 N–H and O–H groups in total. The van der Waals surface area contributed by atoms with E-state index < -0.39 is 17.7 Å². The first kappa shape index (κ1) is 21.1. The summed E-state index contributed by atoms with van der Waals surface area (Å²) >= 11 is 0. The third-order valence-corrected chi connectivity index (χ3v) is 5.44. The first-order chi connectivity index (χ1) is 15.5. The first-order valence-electron chi connectivity index (χ1n) is 9.99. The molecule has 162 valence electrons. The van der Waals surface area contributed by atoms with Crippen molar-refractivity contribution in [2.45, 2.75) is 12.6 Å². The van der Waals surface area contributed by atoms with Crippen molar-refractivity contribution in [3.8, 4) is 11.5 Å². The van der Waals surface area contributed by atoms with Crippen LogP contribution in [0.2, 0.25) is 0 Å². The van der Waals surface area contributed by atoms with Crippen molar-refractivity contribution in [3.63, 3.8) is 0 Å². The molecule has 4 rings (SSSR count). The van der Waals surface area contributed by atoms with Gasteiger partial charge >= 0.3 is 0 Å². The molecule has 1 aliphatic heterocycles. The molecule has 0 aliphatic carbocycles. The highest BCUT2D eigenvalue weighted by molar-refractivity contribution is 6.46. The predicted molar refractivity (Wildman–Crippen MR) is 118 cm³/mol. The zero-order chi connectivity index (χ0) is 22.7. The summed E-state index contributed by atoms with van der Waals surface area (Å²) in [4.78, 5) is 31.7. The van der Waals surface area contributed by atoms with Crippen molar-refractivity contribution < 1.29 is 24.2 Å². The van der Waals surface area contributed by atoms with Gasteiger partial charge in [-0.15, -0.1) is 0 Å². The number of rotatable bonds is 6. The predicted octanol–water partition coefficient (Wildman–Crippen LogP) is 3.72. The van der Waals surface area contributed by atoms with Crippen molar-refractivity contribution in [2.24, 2.45) is 0 Å². The molecule has 0 radical (unpaired) electrons. The molecule has 2 heterocycles. The number of benzene rings is 2. The van der Waals surface area contributed by atoms with Crippen molar-refractivity contribution in [1.82, 2.24) is 9.88 Å². The summed E-state index contributed by atoms with van der Waals surface area (Å²) in [6.07, 6.45) is 3.25. The molecule has 0 saturated carbocycles. The minimum Gasteiger partial charge on any atom is -0.507 e. The second-order valence-electron chi connectivity index (χ2n) is 7.25. The van der Waals surface area contributed by atoms with E-state index in [2.05, 4.69) is 4.98 Å². The van der Waals surface area contributed by atoms with Crippen LogP contribution in [0.4, 0.5) is 0 Å². The van der Waals surface area contributed by atoms with Gasteiger partial charge in [-0.05, 0) is 48.0 Å². The minimum atomic E-state index is -0.818. The van der Waals surface area contributed by atoms with Crippen LogP contribution >= 0.6 is 0 Å². The zero-order valence-electron chi connectivity index (χ0n) is 17.7. The Balaban J connectivity index is 1.88. The molecule has 1 atom stereocenters. The largest absolute Gasteiger partial charge is 0.507 e. The number of methoxy groups -OCH3 is 2. The number of aromatic nitrogens is 1. The number of aliphatic hydroxyl groups is 1. The van der Waals surface area contributed by atoms with Gasteiger partial charge in [0.15, 0.2) is 0 Å². The standard InChI is InChI=1S/C25H22N2O5/c1-31-18-9-7-17(8-10-18)23(28)21-22(19-5-3-4-6-20(19)32-2)27(25(30)24(21)29)15-16-11-13-26-14-12-16/h3-14,22,28H,15H2,1-2H3/b23-21-. The smallest absolute Gasteiger partial charge is 0.295 e. The van der Waals surface area contributed by atoms with Crippen LogP contribution in [0.15, 0.2) is 78.6 Å². The highest BCUT2D eigenvalue weighted by atomic mass is 16.5. The van der Waals surface area contributed by atoms with Crippen LogP contribution in [0.25, 0.3) is 5.76 Å². The summed E-state index contributed by atoms with van der Waals surface area (Å²) in [5.74, 6) is -0.559. The number of amides is 1. The van der Waals surface area contributed by atoms with Gasteiger partial charge in [0.25, 0.3) is 11.7 Å². The lowest BCUT2D eigenvalue weighted by atomic mass is 9.94. The van der Waals surface area contributed by atoms with E-state index in [1.54, 1.807) is 80.2 Å². The molecule has 1 saturated heterocycles. The molecule has 1 aliphatic rings.